The van der Waals surface area contributed by atoms with Crippen molar-refractivity contribution in [2.45, 2.75) is 31.7 Å². The van der Waals surface area contributed by atoms with E-state index in [4.69, 9.17) is 5.73 Å². The van der Waals surface area contributed by atoms with E-state index in [1.54, 1.807) is 0 Å². The van der Waals surface area contributed by atoms with Gasteiger partial charge in [0.25, 0.3) is 0 Å². The lowest BCUT2D eigenvalue weighted by atomic mass is 9.86. The fourth-order valence-electron chi connectivity index (χ4n) is 3.52. The molecule has 0 atom stereocenters. The maximum absolute atomic E-state index is 6.22. The summed E-state index contributed by atoms with van der Waals surface area (Å²) < 4.78 is 1.08. The second kappa shape index (κ2) is 5.97. The van der Waals surface area contributed by atoms with Gasteiger partial charge in [0.05, 0.1) is 17.8 Å². The number of nitrogens with zero attached hydrogens (tertiary/aromatic N) is 3. The molecule has 0 radical (unpaired) electrons. The summed E-state index contributed by atoms with van der Waals surface area (Å²) in [7, 11) is 0. The first-order chi connectivity index (χ1) is 10.2. The fourth-order valence-corrected chi connectivity index (χ4v) is 3.98. The number of anilines is 1. The first-order valence-corrected chi connectivity index (χ1v) is 8.53. The van der Waals surface area contributed by atoms with Crippen LogP contribution in [0, 0.1) is 0 Å². The van der Waals surface area contributed by atoms with Gasteiger partial charge in [0.15, 0.2) is 5.96 Å². The van der Waals surface area contributed by atoms with Crippen molar-refractivity contribution in [2.75, 3.05) is 31.1 Å². The minimum absolute atomic E-state index is 0.0677. The number of nitrogens with two attached hydrogens (primary N) is 1. The number of halogens is 1. The lowest BCUT2D eigenvalue weighted by Crippen LogP contribution is -2.57. The first kappa shape index (κ1) is 14.9. The van der Waals surface area contributed by atoms with Gasteiger partial charge < -0.3 is 15.5 Å². The van der Waals surface area contributed by atoms with Gasteiger partial charge in [-0.1, -0.05) is 19.1 Å². The minimum atomic E-state index is 0.0677. The number of piperidine rings is 1. The molecule has 2 N–H and O–H groups in total. The highest BCUT2D eigenvalue weighted by Crippen LogP contribution is 2.39. The Bertz CT molecular complexity index is 535. The van der Waals surface area contributed by atoms with Crippen LogP contribution >= 0.6 is 15.9 Å². The zero-order valence-corrected chi connectivity index (χ0v) is 14.1. The van der Waals surface area contributed by atoms with E-state index in [0.717, 1.165) is 42.6 Å². The Labute approximate surface area is 135 Å². The topological polar surface area (TPSA) is 44.9 Å². The Morgan fingerprint density at radius 3 is 2.67 bits per heavy atom. The molecule has 1 spiro atoms. The molecule has 1 aromatic carbocycles. The summed E-state index contributed by atoms with van der Waals surface area (Å²) in [6, 6.07) is 8.29. The number of para-hydroxylation sites is 1. The van der Waals surface area contributed by atoms with Crippen LogP contribution in [0.15, 0.2) is 33.7 Å². The quantitative estimate of drug-likeness (QED) is 0.911. The summed E-state index contributed by atoms with van der Waals surface area (Å²) in [4.78, 5) is 9.38. The number of guanidine groups is 1. The highest BCUT2D eigenvalue weighted by atomic mass is 79.9. The molecule has 0 unspecified atom stereocenters. The van der Waals surface area contributed by atoms with Gasteiger partial charge in [-0.05, 0) is 53.9 Å². The van der Waals surface area contributed by atoms with E-state index in [2.05, 4.69) is 55.8 Å². The van der Waals surface area contributed by atoms with Gasteiger partial charge in [0.1, 0.15) is 0 Å². The van der Waals surface area contributed by atoms with Crippen LogP contribution in [0.25, 0.3) is 0 Å². The Kier molecular flexibility index (Phi) is 4.22. The minimum Gasteiger partial charge on any atom is -0.369 e. The number of benzene rings is 1. The average molecular weight is 351 g/mol. The van der Waals surface area contributed by atoms with Crippen molar-refractivity contribution in [2.24, 2.45) is 10.7 Å². The van der Waals surface area contributed by atoms with Gasteiger partial charge in [-0.25, -0.2) is 0 Å². The predicted octanol–water partition coefficient (Wildman–Crippen LogP) is 2.83. The molecule has 0 amide bonds. The van der Waals surface area contributed by atoms with Crippen LogP contribution in [0.3, 0.4) is 0 Å². The standard InChI is InChI=1S/C16H23BrN4/c1-2-9-20-10-7-16(8-11-20)12-19-15(18)21(16)14-6-4-3-5-13(14)17/h3-6H,2,7-12H2,1H3,(H2,18,19). The summed E-state index contributed by atoms with van der Waals surface area (Å²) in [6.07, 6.45) is 3.47. The molecular weight excluding hydrogens is 328 g/mol. The van der Waals surface area contributed by atoms with Crippen molar-refractivity contribution >= 4 is 27.6 Å². The third kappa shape index (κ3) is 2.69. The summed E-state index contributed by atoms with van der Waals surface area (Å²) in [5.74, 6) is 0.658. The maximum atomic E-state index is 6.22. The lowest BCUT2D eigenvalue weighted by Gasteiger charge is -2.45. The summed E-state index contributed by atoms with van der Waals surface area (Å²) >= 11 is 3.66. The van der Waals surface area contributed by atoms with Crippen LogP contribution in [0.5, 0.6) is 0 Å². The van der Waals surface area contributed by atoms with Crippen LogP contribution in [-0.2, 0) is 0 Å². The molecule has 0 saturated carbocycles. The molecule has 1 aromatic rings. The van der Waals surface area contributed by atoms with Crippen LogP contribution < -0.4 is 10.6 Å². The lowest BCUT2D eigenvalue weighted by molar-refractivity contribution is 0.171. The molecule has 0 aliphatic carbocycles. The zero-order chi connectivity index (χ0) is 14.9. The van der Waals surface area contributed by atoms with E-state index in [1.807, 2.05) is 6.07 Å². The Hall–Kier alpha value is -1.07. The molecule has 1 saturated heterocycles. The molecule has 0 aromatic heterocycles. The van der Waals surface area contributed by atoms with Crippen LogP contribution in [-0.4, -0.2) is 42.6 Å². The van der Waals surface area contributed by atoms with Gasteiger partial charge in [-0.3, -0.25) is 4.99 Å². The largest absolute Gasteiger partial charge is 0.369 e. The van der Waals surface area contributed by atoms with E-state index < -0.39 is 0 Å². The van der Waals surface area contributed by atoms with Gasteiger partial charge >= 0.3 is 0 Å². The fraction of sp³-hybridized carbons (Fsp3) is 0.562. The maximum Gasteiger partial charge on any atom is 0.196 e. The molecule has 5 heteroatoms. The number of hydrogen-bond acceptors (Lipinski definition) is 4. The van der Waals surface area contributed by atoms with Crippen molar-refractivity contribution in [1.29, 1.82) is 0 Å². The Morgan fingerprint density at radius 1 is 1.29 bits per heavy atom. The van der Waals surface area contributed by atoms with E-state index in [1.165, 1.54) is 13.0 Å². The highest BCUT2D eigenvalue weighted by Gasteiger charge is 2.45. The summed E-state index contributed by atoms with van der Waals surface area (Å²) in [5, 5.41) is 0. The zero-order valence-electron chi connectivity index (χ0n) is 12.6. The third-order valence-electron chi connectivity index (χ3n) is 4.66. The molecule has 1 fully saturated rings. The van der Waals surface area contributed by atoms with Crippen molar-refractivity contribution in [1.82, 2.24) is 4.90 Å². The molecule has 21 heavy (non-hydrogen) atoms. The molecule has 2 heterocycles. The van der Waals surface area contributed by atoms with Crippen molar-refractivity contribution in [3.05, 3.63) is 28.7 Å². The molecule has 2 aliphatic heterocycles. The summed E-state index contributed by atoms with van der Waals surface area (Å²) in [5.41, 5.74) is 7.43. The highest BCUT2D eigenvalue weighted by molar-refractivity contribution is 9.10. The van der Waals surface area contributed by atoms with Crippen molar-refractivity contribution in [3.63, 3.8) is 0 Å². The van der Waals surface area contributed by atoms with Crippen LogP contribution in [0.4, 0.5) is 5.69 Å². The van der Waals surface area contributed by atoms with Crippen LogP contribution in [0.2, 0.25) is 0 Å². The number of hydrogen-bond donors (Lipinski definition) is 1. The van der Waals surface area contributed by atoms with E-state index in [0.29, 0.717) is 5.96 Å². The molecule has 0 bridgehead atoms. The van der Waals surface area contributed by atoms with Gasteiger partial charge in [-0.2, -0.15) is 0 Å². The van der Waals surface area contributed by atoms with E-state index in [9.17, 15) is 0 Å². The Balaban J connectivity index is 1.85. The van der Waals surface area contributed by atoms with Gasteiger partial charge in [-0.15, -0.1) is 0 Å². The van der Waals surface area contributed by atoms with E-state index in [-0.39, 0.29) is 5.54 Å². The van der Waals surface area contributed by atoms with E-state index >= 15 is 0 Å². The number of likely N-dealkylation sites (tertiary alicyclic amines) is 1. The Morgan fingerprint density at radius 2 is 2.00 bits per heavy atom. The predicted molar refractivity (Wildman–Crippen MR) is 91.8 cm³/mol. The normalized spacial score (nSPS) is 21.8. The average Bonchev–Trinajstić information content (AvgIpc) is 2.80. The molecule has 3 rings (SSSR count). The smallest absolute Gasteiger partial charge is 0.196 e. The second-order valence-corrected chi connectivity index (χ2v) is 6.88. The van der Waals surface area contributed by atoms with Gasteiger partial charge in [0.2, 0.25) is 0 Å². The van der Waals surface area contributed by atoms with Crippen molar-refractivity contribution < 1.29 is 0 Å². The molecule has 2 aliphatic rings. The SMILES string of the molecule is CCCN1CCC2(CC1)CN=C(N)N2c1ccccc1Br. The first-order valence-electron chi connectivity index (χ1n) is 7.73. The van der Waals surface area contributed by atoms with Crippen molar-refractivity contribution in [3.8, 4) is 0 Å². The van der Waals surface area contributed by atoms with Crippen LogP contribution in [0.1, 0.15) is 26.2 Å². The number of rotatable bonds is 3. The number of aliphatic imine (C=N–C) groups is 1. The monoisotopic (exact) mass is 350 g/mol. The third-order valence-corrected chi connectivity index (χ3v) is 5.33. The molecule has 4 nitrogen and oxygen atoms in total. The summed E-state index contributed by atoms with van der Waals surface area (Å²) in [6.45, 7) is 6.53. The second-order valence-electron chi connectivity index (χ2n) is 6.03. The van der Waals surface area contributed by atoms with Gasteiger partial charge in [0, 0.05) is 17.6 Å². The molecule has 114 valence electrons. The molecular formula is C16H23BrN4.